The lowest BCUT2D eigenvalue weighted by Gasteiger charge is -2.24. The Kier molecular flexibility index (Phi) is 3.89. The Morgan fingerprint density at radius 1 is 1.15 bits per heavy atom. The zero-order valence-electron chi connectivity index (χ0n) is 11.7. The maximum Gasteiger partial charge on any atom is 0.148 e. The van der Waals surface area contributed by atoms with Crippen LogP contribution in [0.3, 0.4) is 0 Å². The highest BCUT2D eigenvalue weighted by Crippen LogP contribution is 2.39. The summed E-state index contributed by atoms with van der Waals surface area (Å²) in [6.07, 6.45) is 4.18. The summed E-state index contributed by atoms with van der Waals surface area (Å²) in [5.41, 5.74) is 3.61. The van der Waals surface area contributed by atoms with E-state index in [1.165, 1.54) is 0 Å². The van der Waals surface area contributed by atoms with Gasteiger partial charge in [-0.25, -0.2) is 15.8 Å². The van der Waals surface area contributed by atoms with Gasteiger partial charge in [0, 0.05) is 39.8 Å². The van der Waals surface area contributed by atoms with Gasteiger partial charge in [0.25, 0.3) is 0 Å². The SMILES string of the molecule is Cc1c(NN)nc(C2CC2)nc1NC1CCS(=O)CC1. The number of anilines is 2. The van der Waals surface area contributed by atoms with Gasteiger partial charge in [-0.2, -0.15) is 0 Å². The number of hydrogen-bond donors (Lipinski definition) is 3. The molecule has 2 aliphatic rings. The number of hydrazine groups is 1. The van der Waals surface area contributed by atoms with E-state index in [0.29, 0.717) is 17.8 Å². The van der Waals surface area contributed by atoms with E-state index < -0.39 is 10.8 Å². The Morgan fingerprint density at radius 3 is 2.40 bits per heavy atom. The van der Waals surface area contributed by atoms with Crippen LogP contribution >= 0.6 is 0 Å². The molecule has 0 spiro atoms. The fourth-order valence-corrected chi connectivity index (χ4v) is 3.77. The van der Waals surface area contributed by atoms with Crippen molar-refractivity contribution in [3.63, 3.8) is 0 Å². The lowest BCUT2D eigenvalue weighted by atomic mass is 10.1. The molecule has 0 amide bonds. The predicted octanol–water partition coefficient (Wildman–Crippen LogP) is 1.27. The average molecular weight is 295 g/mol. The molecule has 1 aliphatic heterocycles. The molecule has 0 bridgehead atoms. The largest absolute Gasteiger partial charge is 0.367 e. The van der Waals surface area contributed by atoms with Gasteiger partial charge >= 0.3 is 0 Å². The van der Waals surface area contributed by atoms with Gasteiger partial charge < -0.3 is 10.7 Å². The minimum Gasteiger partial charge on any atom is -0.367 e. The summed E-state index contributed by atoms with van der Waals surface area (Å²) in [5.74, 6) is 10.0. The van der Waals surface area contributed by atoms with Crippen molar-refractivity contribution in [2.45, 2.75) is 44.6 Å². The minimum absolute atomic E-state index is 0.346. The minimum atomic E-state index is -0.637. The summed E-state index contributed by atoms with van der Waals surface area (Å²) in [4.78, 5) is 9.15. The van der Waals surface area contributed by atoms with Gasteiger partial charge in [0.2, 0.25) is 0 Å². The lowest BCUT2D eigenvalue weighted by molar-refractivity contribution is 0.621. The Hall–Kier alpha value is -1.21. The first-order valence-electron chi connectivity index (χ1n) is 7.14. The second kappa shape index (κ2) is 5.65. The Morgan fingerprint density at radius 2 is 1.80 bits per heavy atom. The molecule has 1 aromatic rings. The highest BCUT2D eigenvalue weighted by molar-refractivity contribution is 7.85. The van der Waals surface area contributed by atoms with Crippen LogP contribution in [0.15, 0.2) is 0 Å². The Labute approximate surface area is 121 Å². The number of rotatable bonds is 4. The van der Waals surface area contributed by atoms with Crippen LogP contribution in [0.4, 0.5) is 11.6 Å². The molecular weight excluding hydrogens is 274 g/mol. The standard InChI is InChI=1S/C13H21N5OS/c1-8-11(15-10-4-6-20(19)7-5-10)16-13(9-2-3-9)17-12(8)18-14/h9-10H,2-7,14H2,1H3,(H2,15,16,17,18). The summed E-state index contributed by atoms with van der Waals surface area (Å²) in [5, 5.41) is 3.49. The van der Waals surface area contributed by atoms with Crippen LogP contribution in [0.1, 0.15) is 43.0 Å². The van der Waals surface area contributed by atoms with Gasteiger partial charge in [-0.05, 0) is 32.6 Å². The smallest absolute Gasteiger partial charge is 0.148 e. The number of nitrogens with zero attached hydrogens (tertiary/aromatic N) is 2. The molecule has 7 heteroatoms. The third-order valence-corrected chi connectivity index (χ3v) is 5.35. The van der Waals surface area contributed by atoms with Crippen LogP contribution in [0.2, 0.25) is 0 Å². The van der Waals surface area contributed by atoms with Crippen molar-refractivity contribution in [3.8, 4) is 0 Å². The highest BCUT2D eigenvalue weighted by atomic mass is 32.2. The normalized spacial score (nSPS) is 26.3. The molecular formula is C13H21N5OS. The van der Waals surface area contributed by atoms with Crippen molar-refractivity contribution in [3.05, 3.63) is 11.4 Å². The van der Waals surface area contributed by atoms with E-state index in [9.17, 15) is 4.21 Å². The lowest BCUT2D eigenvalue weighted by Crippen LogP contribution is -2.30. The van der Waals surface area contributed by atoms with Gasteiger partial charge in [-0.1, -0.05) is 0 Å². The first-order chi connectivity index (χ1) is 9.67. The van der Waals surface area contributed by atoms with Crippen molar-refractivity contribution < 1.29 is 4.21 Å². The first kappa shape index (κ1) is 13.8. The maximum atomic E-state index is 11.4. The third-order valence-electron chi connectivity index (χ3n) is 3.97. The second-order valence-electron chi connectivity index (χ2n) is 5.59. The molecule has 2 fully saturated rings. The van der Waals surface area contributed by atoms with Crippen molar-refractivity contribution >= 4 is 22.4 Å². The van der Waals surface area contributed by atoms with E-state index in [-0.39, 0.29) is 0 Å². The van der Waals surface area contributed by atoms with Gasteiger partial charge in [-0.15, -0.1) is 0 Å². The second-order valence-corrected chi connectivity index (χ2v) is 7.29. The molecule has 1 aliphatic carbocycles. The quantitative estimate of drug-likeness (QED) is 0.572. The molecule has 0 atom stereocenters. The Balaban J connectivity index is 1.80. The van der Waals surface area contributed by atoms with Crippen LogP contribution in [-0.2, 0) is 10.8 Å². The zero-order valence-corrected chi connectivity index (χ0v) is 12.5. The molecule has 1 saturated carbocycles. The van der Waals surface area contributed by atoms with E-state index >= 15 is 0 Å². The molecule has 2 heterocycles. The molecule has 110 valence electrons. The molecule has 6 nitrogen and oxygen atoms in total. The molecule has 4 N–H and O–H groups in total. The van der Waals surface area contributed by atoms with Crippen molar-refractivity contribution in [1.29, 1.82) is 0 Å². The van der Waals surface area contributed by atoms with Crippen LogP contribution in [-0.4, -0.2) is 31.7 Å². The van der Waals surface area contributed by atoms with Gasteiger partial charge in [0.05, 0.1) is 0 Å². The molecule has 0 unspecified atom stereocenters. The van der Waals surface area contributed by atoms with Crippen LogP contribution in [0.5, 0.6) is 0 Å². The molecule has 0 radical (unpaired) electrons. The van der Waals surface area contributed by atoms with E-state index in [1.807, 2.05) is 6.92 Å². The summed E-state index contributed by atoms with van der Waals surface area (Å²) < 4.78 is 11.4. The topological polar surface area (TPSA) is 92.9 Å². The summed E-state index contributed by atoms with van der Waals surface area (Å²) in [7, 11) is -0.637. The summed E-state index contributed by atoms with van der Waals surface area (Å²) >= 11 is 0. The van der Waals surface area contributed by atoms with E-state index in [2.05, 4.69) is 20.7 Å². The molecule has 1 saturated heterocycles. The number of nitrogens with one attached hydrogen (secondary N) is 2. The predicted molar refractivity (Wildman–Crippen MR) is 81.1 cm³/mol. The van der Waals surface area contributed by atoms with Crippen molar-refractivity contribution in [1.82, 2.24) is 9.97 Å². The van der Waals surface area contributed by atoms with E-state index in [0.717, 1.165) is 54.4 Å². The third kappa shape index (κ3) is 2.93. The fraction of sp³-hybridized carbons (Fsp3) is 0.692. The molecule has 0 aromatic carbocycles. The monoisotopic (exact) mass is 295 g/mol. The number of aromatic nitrogens is 2. The van der Waals surface area contributed by atoms with Gasteiger partial charge in [0.15, 0.2) is 0 Å². The zero-order chi connectivity index (χ0) is 14.1. The average Bonchev–Trinajstić information content (AvgIpc) is 3.28. The number of nitrogens with two attached hydrogens (primary N) is 1. The molecule has 3 rings (SSSR count). The molecule has 20 heavy (non-hydrogen) atoms. The summed E-state index contributed by atoms with van der Waals surface area (Å²) in [6.45, 7) is 1.97. The van der Waals surface area contributed by atoms with E-state index in [1.54, 1.807) is 0 Å². The number of nitrogen functional groups attached to an aromatic ring is 1. The molecule has 1 aromatic heterocycles. The fourth-order valence-electron chi connectivity index (χ4n) is 2.47. The van der Waals surface area contributed by atoms with Crippen LogP contribution < -0.4 is 16.6 Å². The van der Waals surface area contributed by atoms with E-state index in [4.69, 9.17) is 5.84 Å². The summed E-state index contributed by atoms with van der Waals surface area (Å²) in [6, 6.07) is 0.346. The van der Waals surface area contributed by atoms with Crippen molar-refractivity contribution in [2.75, 3.05) is 22.2 Å². The van der Waals surface area contributed by atoms with Crippen LogP contribution in [0, 0.1) is 6.92 Å². The highest BCUT2D eigenvalue weighted by Gasteiger charge is 2.28. The maximum absolute atomic E-state index is 11.4. The van der Waals surface area contributed by atoms with Crippen LogP contribution in [0.25, 0.3) is 0 Å². The first-order valence-corrected chi connectivity index (χ1v) is 8.63. The number of hydrogen-bond acceptors (Lipinski definition) is 6. The van der Waals surface area contributed by atoms with Gasteiger partial charge in [0.1, 0.15) is 17.5 Å². The Bertz CT molecular complexity index is 522. The van der Waals surface area contributed by atoms with Gasteiger partial charge in [-0.3, -0.25) is 4.21 Å². The van der Waals surface area contributed by atoms with Crippen molar-refractivity contribution in [2.24, 2.45) is 5.84 Å².